The van der Waals surface area contributed by atoms with Gasteiger partial charge in [-0.25, -0.2) is 4.39 Å². The summed E-state index contributed by atoms with van der Waals surface area (Å²) in [6, 6.07) is 12.0. The van der Waals surface area contributed by atoms with E-state index in [1.165, 1.54) is 6.07 Å². The smallest absolute Gasteiger partial charge is 0.130 e. The lowest BCUT2D eigenvalue weighted by Gasteiger charge is -2.10. The minimum Gasteiger partial charge on any atom is -0.489 e. The third-order valence-corrected chi connectivity index (χ3v) is 3.24. The molecular weight excluding hydrogens is 311 g/mol. The molecule has 2 rings (SSSR count). The van der Waals surface area contributed by atoms with E-state index in [2.05, 4.69) is 15.9 Å². The number of hydrogen-bond acceptors (Lipinski definition) is 2. The predicted molar refractivity (Wildman–Crippen MR) is 75.5 cm³/mol. The van der Waals surface area contributed by atoms with Crippen LogP contribution in [0.5, 0.6) is 5.75 Å². The monoisotopic (exact) mass is 324 g/mol. The minimum absolute atomic E-state index is 0.155. The quantitative estimate of drug-likeness (QED) is 0.912. The number of aliphatic hydroxyl groups excluding tert-OH is 1. The van der Waals surface area contributed by atoms with Crippen molar-refractivity contribution in [1.29, 1.82) is 0 Å². The van der Waals surface area contributed by atoms with Crippen molar-refractivity contribution < 1.29 is 14.2 Å². The Hall–Kier alpha value is -1.39. The van der Waals surface area contributed by atoms with Gasteiger partial charge in [0.25, 0.3) is 0 Å². The van der Waals surface area contributed by atoms with Gasteiger partial charge < -0.3 is 9.84 Å². The van der Waals surface area contributed by atoms with Gasteiger partial charge in [0.2, 0.25) is 0 Å². The molecule has 0 amide bonds. The predicted octanol–water partition coefficient (Wildman–Crippen LogP) is 4.22. The molecule has 19 heavy (non-hydrogen) atoms. The van der Waals surface area contributed by atoms with Gasteiger partial charge in [-0.1, -0.05) is 34.1 Å². The van der Waals surface area contributed by atoms with Gasteiger partial charge in [0, 0.05) is 10.0 Å². The highest BCUT2D eigenvalue weighted by Gasteiger charge is 2.05. The normalized spacial score (nSPS) is 12.2. The largest absolute Gasteiger partial charge is 0.489 e. The van der Waals surface area contributed by atoms with E-state index in [0.717, 1.165) is 5.56 Å². The van der Waals surface area contributed by atoms with Crippen LogP contribution >= 0.6 is 15.9 Å². The summed E-state index contributed by atoms with van der Waals surface area (Å²) < 4.78 is 19.8. The molecule has 2 nitrogen and oxygen atoms in total. The number of hydrogen-bond donors (Lipinski definition) is 1. The van der Waals surface area contributed by atoms with Crippen molar-refractivity contribution >= 4 is 15.9 Å². The Morgan fingerprint density at radius 2 is 2.05 bits per heavy atom. The third kappa shape index (κ3) is 3.78. The molecule has 0 bridgehead atoms. The van der Waals surface area contributed by atoms with Crippen molar-refractivity contribution in [3.8, 4) is 5.75 Å². The summed E-state index contributed by atoms with van der Waals surface area (Å²) in [7, 11) is 0. The molecule has 1 atom stereocenters. The molecule has 100 valence electrons. The standard InChI is InChI=1S/C15H14BrFO2/c1-10(18)11-3-2-4-14(7-11)19-9-12-5-6-13(16)8-15(12)17/h2-8,10,18H,9H2,1H3/t10-/m0/s1. The maximum atomic E-state index is 13.6. The lowest BCUT2D eigenvalue weighted by Crippen LogP contribution is -1.99. The summed E-state index contributed by atoms with van der Waals surface area (Å²) in [4.78, 5) is 0. The second-order valence-corrected chi connectivity index (χ2v) is 5.19. The lowest BCUT2D eigenvalue weighted by molar-refractivity contribution is 0.198. The summed E-state index contributed by atoms with van der Waals surface area (Å²) in [6.07, 6.45) is -0.548. The van der Waals surface area contributed by atoms with Crippen LogP contribution in [0.3, 0.4) is 0 Å². The van der Waals surface area contributed by atoms with Crippen LogP contribution in [0.4, 0.5) is 4.39 Å². The summed E-state index contributed by atoms with van der Waals surface area (Å²) >= 11 is 3.21. The molecule has 2 aromatic rings. The second kappa shape index (κ2) is 6.17. The highest BCUT2D eigenvalue weighted by Crippen LogP contribution is 2.21. The van der Waals surface area contributed by atoms with Gasteiger partial charge in [0.15, 0.2) is 0 Å². The number of ether oxygens (including phenoxy) is 1. The number of rotatable bonds is 4. The lowest BCUT2D eigenvalue weighted by atomic mass is 10.1. The summed E-state index contributed by atoms with van der Waals surface area (Å²) in [5.74, 6) is 0.307. The van der Waals surface area contributed by atoms with Crippen LogP contribution in [0.25, 0.3) is 0 Å². The maximum Gasteiger partial charge on any atom is 0.130 e. The van der Waals surface area contributed by atoms with E-state index in [1.54, 1.807) is 37.3 Å². The van der Waals surface area contributed by atoms with E-state index < -0.39 is 6.10 Å². The van der Waals surface area contributed by atoms with E-state index in [0.29, 0.717) is 15.8 Å². The second-order valence-electron chi connectivity index (χ2n) is 4.27. The van der Waals surface area contributed by atoms with Crippen LogP contribution in [-0.2, 0) is 6.61 Å². The Morgan fingerprint density at radius 1 is 1.26 bits per heavy atom. The van der Waals surface area contributed by atoms with Gasteiger partial charge >= 0.3 is 0 Å². The highest BCUT2D eigenvalue weighted by atomic mass is 79.9. The SMILES string of the molecule is C[C@H](O)c1cccc(OCc2ccc(Br)cc2F)c1. The molecule has 2 aromatic carbocycles. The zero-order chi connectivity index (χ0) is 13.8. The Morgan fingerprint density at radius 3 is 2.74 bits per heavy atom. The molecule has 1 N–H and O–H groups in total. The Kier molecular flexibility index (Phi) is 4.56. The minimum atomic E-state index is -0.548. The van der Waals surface area contributed by atoms with Crippen LogP contribution in [0.2, 0.25) is 0 Å². The molecule has 0 saturated carbocycles. The van der Waals surface area contributed by atoms with Crippen molar-refractivity contribution in [3.63, 3.8) is 0 Å². The molecule has 0 heterocycles. The molecule has 0 saturated heterocycles. The molecule has 0 aliphatic heterocycles. The van der Waals surface area contributed by atoms with Gasteiger partial charge in [-0.2, -0.15) is 0 Å². The molecule has 0 aliphatic rings. The van der Waals surface area contributed by atoms with Crippen molar-refractivity contribution in [2.24, 2.45) is 0 Å². The zero-order valence-electron chi connectivity index (χ0n) is 10.4. The van der Waals surface area contributed by atoms with E-state index in [-0.39, 0.29) is 12.4 Å². The fourth-order valence-corrected chi connectivity index (χ4v) is 2.00. The van der Waals surface area contributed by atoms with Crippen LogP contribution in [0.1, 0.15) is 24.2 Å². The first-order chi connectivity index (χ1) is 9.06. The van der Waals surface area contributed by atoms with Crippen molar-refractivity contribution in [2.45, 2.75) is 19.6 Å². The molecule has 0 fully saturated rings. The van der Waals surface area contributed by atoms with Crippen LogP contribution in [0.15, 0.2) is 46.9 Å². The molecule has 0 aliphatic carbocycles. The molecule has 0 radical (unpaired) electrons. The van der Waals surface area contributed by atoms with Crippen molar-refractivity contribution in [1.82, 2.24) is 0 Å². The average molecular weight is 325 g/mol. The zero-order valence-corrected chi connectivity index (χ0v) is 12.0. The Balaban J connectivity index is 2.08. The number of halogens is 2. The topological polar surface area (TPSA) is 29.5 Å². The van der Waals surface area contributed by atoms with Gasteiger partial charge in [-0.3, -0.25) is 0 Å². The van der Waals surface area contributed by atoms with Crippen LogP contribution in [0, 0.1) is 5.82 Å². The molecular formula is C15H14BrFO2. The maximum absolute atomic E-state index is 13.6. The molecule has 0 spiro atoms. The van der Waals surface area contributed by atoms with Crippen LogP contribution in [-0.4, -0.2) is 5.11 Å². The van der Waals surface area contributed by atoms with Gasteiger partial charge in [-0.15, -0.1) is 0 Å². The van der Waals surface area contributed by atoms with Gasteiger partial charge in [0.05, 0.1) is 6.10 Å². The molecule has 4 heteroatoms. The average Bonchev–Trinajstić information content (AvgIpc) is 2.38. The van der Waals surface area contributed by atoms with Crippen molar-refractivity contribution in [3.05, 3.63) is 63.9 Å². The number of benzene rings is 2. The van der Waals surface area contributed by atoms with E-state index in [4.69, 9.17) is 4.74 Å². The van der Waals surface area contributed by atoms with E-state index in [9.17, 15) is 9.50 Å². The van der Waals surface area contributed by atoms with E-state index in [1.807, 2.05) is 6.07 Å². The Labute approximate surface area is 120 Å². The first-order valence-corrected chi connectivity index (χ1v) is 6.70. The van der Waals surface area contributed by atoms with Gasteiger partial charge in [-0.05, 0) is 36.8 Å². The van der Waals surface area contributed by atoms with Crippen LogP contribution < -0.4 is 4.74 Å². The molecule has 0 aromatic heterocycles. The third-order valence-electron chi connectivity index (χ3n) is 2.75. The number of aliphatic hydroxyl groups is 1. The van der Waals surface area contributed by atoms with Gasteiger partial charge in [0.1, 0.15) is 18.2 Å². The fourth-order valence-electron chi connectivity index (χ4n) is 1.66. The molecule has 0 unspecified atom stereocenters. The fraction of sp³-hybridized carbons (Fsp3) is 0.200. The summed E-state index contributed by atoms with van der Waals surface area (Å²) in [5, 5.41) is 9.49. The first-order valence-electron chi connectivity index (χ1n) is 5.91. The highest BCUT2D eigenvalue weighted by molar-refractivity contribution is 9.10. The van der Waals surface area contributed by atoms with E-state index >= 15 is 0 Å². The summed E-state index contributed by atoms with van der Waals surface area (Å²) in [5.41, 5.74) is 1.26. The summed E-state index contributed by atoms with van der Waals surface area (Å²) in [6.45, 7) is 1.84. The Bertz CT molecular complexity index is 570. The van der Waals surface area contributed by atoms with Crippen molar-refractivity contribution in [2.75, 3.05) is 0 Å². The first kappa shape index (κ1) is 14.0.